The van der Waals surface area contributed by atoms with Crippen LogP contribution < -0.4 is 10.2 Å². The van der Waals surface area contributed by atoms with Crippen molar-refractivity contribution < 1.29 is 9.18 Å². The standard InChI is InChI=1S/C19H19FN6O/c20-15-8-6-14(7-9-15)18(27)21-16-10-12-25(13-11-16)19-22-23-24-26(19)17-4-2-1-3-5-17/h1-9,16H,10-13H2,(H,21,27). The molecule has 0 saturated carbocycles. The van der Waals surface area contributed by atoms with E-state index in [-0.39, 0.29) is 17.8 Å². The van der Waals surface area contributed by atoms with E-state index in [0.717, 1.165) is 31.6 Å². The Kier molecular flexibility index (Phi) is 4.78. The molecule has 0 spiro atoms. The third kappa shape index (κ3) is 3.79. The van der Waals surface area contributed by atoms with Crippen LogP contribution in [0.1, 0.15) is 23.2 Å². The van der Waals surface area contributed by atoms with Gasteiger partial charge in [-0.3, -0.25) is 4.79 Å². The molecule has 2 heterocycles. The Morgan fingerprint density at radius 3 is 2.44 bits per heavy atom. The normalized spacial score (nSPS) is 14.9. The van der Waals surface area contributed by atoms with Crippen molar-refractivity contribution in [2.24, 2.45) is 0 Å². The molecule has 7 nitrogen and oxygen atoms in total. The average Bonchev–Trinajstić information content (AvgIpc) is 3.19. The molecule has 4 rings (SSSR count). The van der Waals surface area contributed by atoms with Crippen molar-refractivity contribution >= 4 is 11.9 Å². The van der Waals surface area contributed by atoms with Gasteiger partial charge < -0.3 is 10.2 Å². The molecule has 0 radical (unpaired) electrons. The van der Waals surface area contributed by atoms with Crippen molar-refractivity contribution in [2.75, 3.05) is 18.0 Å². The second-order valence-electron chi connectivity index (χ2n) is 6.47. The predicted octanol–water partition coefficient (Wildman–Crippen LogP) is 2.20. The zero-order chi connectivity index (χ0) is 18.6. The van der Waals surface area contributed by atoms with Crippen LogP contribution in [0.15, 0.2) is 54.6 Å². The number of carbonyl (C=O) groups excluding carboxylic acids is 1. The highest BCUT2D eigenvalue weighted by molar-refractivity contribution is 5.94. The first kappa shape index (κ1) is 17.1. The first-order valence-corrected chi connectivity index (χ1v) is 8.86. The molecule has 1 aromatic heterocycles. The Labute approximate surface area is 155 Å². The van der Waals surface area contributed by atoms with Gasteiger partial charge in [-0.25, -0.2) is 4.39 Å². The molecule has 0 bridgehead atoms. The molecule has 1 N–H and O–H groups in total. The summed E-state index contributed by atoms with van der Waals surface area (Å²) < 4.78 is 14.7. The lowest BCUT2D eigenvalue weighted by molar-refractivity contribution is 0.0931. The van der Waals surface area contributed by atoms with Crippen molar-refractivity contribution in [3.63, 3.8) is 0 Å². The van der Waals surface area contributed by atoms with Crippen LogP contribution in [0, 0.1) is 5.82 Å². The van der Waals surface area contributed by atoms with E-state index in [1.54, 1.807) is 4.68 Å². The molecule has 1 saturated heterocycles. The van der Waals surface area contributed by atoms with Crippen LogP contribution in [0.4, 0.5) is 10.3 Å². The molecule has 27 heavy (non-hydrogen) atoms. The number of piperidine rings is 1. The quantitative estimate of drug-likeness (QED) is 0.766. The third-order valence-electron chi connectivity index (χ3n) is 4.67. The van der Waals surface area contributed by atoms with Crippen LogP contribution in [0.2, 0.25) is 0 Å². The molecule has 1 aliphatic heterocycles. The molecule has 0 unspecified atom stereocenters. The van der Waals surface area contributed by atoms with Crippen LogP contribution >= 0.6 is 0 Å². The third-order valence-corrected chi connectivity index (χ3v) is 4.67. The summed E-state index contributed by atoms with van der Waals surface area (Å²) >= 11 is 0. The molecule has 2 aromatic carbocycles. The summed E-state index contributed by atoms with van der Waals surface area (Å²) in [7, 11) is 0. The molecule has 1 aliphatic rings. The van der Waals surface area contributed by atoms with Crippen molar-refractivity contribution in [1.82, 2.24) is 25.5 Å². The number of nitrogens with one attached hydrogen (secondary N) is 1. The molecular formula is C19H19FN6O. The number of aromatic nitrogens is 4. The molecule has 138 valence electrons. The van der Waals surface area contributed by atoms with Crippen molar-refractivity contribution in [1.29, 1.82) is 0 Å². The van der Waals surface area contributed by atoms with Gasteiger partial charge in [0.05, 0.1) is 5.69 Å². The number of nitrogens with zero attached hydrogens (tertiary/aromatic N) is 5. The fourth-order valence-corrected chi connectivity index (χ4v) is 3.21. The van der Waals surface area contributed by atoms with Crippen LogP contribution in [0.5, 0.6) is 0 Å². The summed E-state index contributed by atoms with van der Waals surface area (Å²) in [4.78, 5) is 14.4. The van der Waals surface area contributed by atoms with E-state index < -0.39 is 0 Å². The lowest BCUT2D eigenvalue weighted by atomic mass is 10.0. The lowest BCUT2D eigenvalue weighted by Gasteiger charge is -2.32. The van der Waals surface area contributed by atoms with Crippen LogP contribution in [-0.2, 0) is 0 Å². The second-order valence-corrected chi connectivity index (χ2v) is 6.47. The van der Waals surface area contributed by atoms with Gasteiger partial charge in [-0.15, -0.1) is 0 Å². The molecule has 3 aromatic rings. The minimum Gasteiger partial charge on any atom is -0.349 e. The molecular weight excluding hydrogens is 347 g/mol. The maximum absolute atomic E-state index is 13.0. The van der Waals surface area contributed by atoms with Gasteiger partial charge in [-0.2, -0.15) is 4.68 Å². The molecule has 0 atom stereocenters. The van der Waals surface area contributed by atoms with Gasteiger partial charge in [0, 0.05) is 24.7 Å². The first-order valence-electron chi connectivity index (χ1n) is 8.86. The van der Waals surface area contributed by atoms with Crippen molar-refractivity contribution in [3.05, 3.63) is 66.0 Å². The van der Waals surface area contributed by atoms with E-state index in [2.05, 4.69) is 25.7 Å². The van der Waals surface area contributed by atoms with Crippen molar-refractivity contribution in [2.45, 2.75) is 18.9 Å². The zero-order valence-corrected chi connectivity index (χ0v) is 14.6. The van der Waals surface area contributed by atoms with Gasteiger partial charge in [-0.05, 0) is 59.7 Å². The minimum absolute atomic E-state index is 0.0693. The number of carbonyl (C=O) groups is 1. The Hall–Kier alpha value is -3.29. The van der Waals surface area contributed by atoms with Crippen LogP contribution in [0.25, 0.3) is 5.69 Å². The highest BCUT2D eigenvalue weighted by Crippen LogP contribution is 2.20. The Balaban J connectivity index is 1.38. The van der Waals surface area contributed by atoms with Gasteiger partial charge in [0.1, 0.15) is 5.82 Å². The SMILES string of the molecule is O=C(NC1CCN(c2nnnn2-c2ccccc2)CC1)c1ccc(F)cc1. The topological polar surface area (TPSA) is 75.9 Å². The fraction of sp³-hybridized carbons (Fsp3) is 0.263. The number of amides is 1. The summed E-state index contributed by atoms with van der Waals surface area (Å²) in [6.07, 6.45) is 1.57. The van der Waals surface area contributed by atoms with Gasteiger partial charge in [0.15, 0.2) is 0 Å². The molecule has 0 aliphatic carbocycles. The zero-order valence-electron chi connectivity index (χ0n) is 14.6. The maximum atomic E-state index is 13.0. The molecule has 1 amide bonds. The second kappa shape index (κ2) is 7.53. The number of anilines is 1. The summed E-state index contributed by atoms with van der Waals surface area (Å²) in [5.74, 6) is 0.170. The average molecular weight is 366 g/mol. The first-order chi connectivity index (χ1) is 13.2. The van der Waals surface area contributed by atoms with E-state index in [1.807, 2.05) is 30.3 Å². The van der Waals surface area contributed by atoms with E-state index >= 15 is 0 Å². The predicted molar refractivity (Wildman–Crippen MR) is 98.3 cm³/mol. The number of hydrogen-bond acceptors (Lipinski definition) is 5. The van der Waals surface area contributed by atoms with Gasteiger partial charge in [0.2, 0.25) is 5.95 Å². The smallest absolute Gasteiger partial charge is 0.251 e. The van der Waals surface area contributed by atoms with Gasteiger partial charge >= 0.3 is 0 Å². The number of hydrogen-bond donors (Lipinski definition) is 1. The Morgan fingerprint density at radius 2 is 1.74 bits per heavy atom. The van der Waals surface area contributed by atoms with Crippen LogP contribution in [0.3, 0.4) is 0 Å². The summed E-state index contributed by atoms with van der Waals surface area (Å²) in [6, 6.07) is 15.4. The van der Waals surface area contributed by atoms with Crippen molar-refractivity contribution in [3.8, 4) is 5.69 Å². The summed E-state index contributed by atoms with van der Waals surface area (Å²) in [5.41, 5.74) is 1.37. The van der Waals surface area contributed by atoms with Gasteiger partial charge in [-0.1, -0.05) is 23.3 Å². The summed E-state index contributed by atoms with van der Waals surface area (Å²) in [5, 5.41) is 15.1. The summed E-state index contributed by atoms with van der Waals surface area (Å²) in [6.45, 7) is 1.48. The van der Waals surface area contributed by atoms with Gasteiger partial charge in [0.25, 0.3) is 5.91 Å². The lowest BCUT2D eigenvalue weighted by Crippen LogP contribution is -2.45. The number of benzene rings is 2. The molecule has 8 heteroatoms. The minimum atomic E-state index is -0.351. The highest BCUT2D eigenvalue weighted by atomic mass is 19.1. The maximum Gasteiger partial charge on any atom is 0.251 e. The molecule has 1 fully saturated rings. The number of para-hydroxylation sites is 1. The number of tetrazole rings is 1. The Bertz CT molecular complexity index is 903. The fourth-order valence-electron chi connectivity index (χ4n) is 3.21. The van der Waals surface area contributed by atoms with E-state index in [0.29, 0.717) is 11.5 Å². The number of rotatable bonds is 4. The Morgan fingerprint density at radius 1 is 1.04 bits per heavy atom. The van der Waals surface area contributed by atoms with E-state index in [9.17, 15) is 9.18 Å². The number of halogens is 1. The largest absolute Gasteiger partial charge is 0.349 e. The van der Waals surface area contributed by atoms with E-state index in [1.165, 1.54) is 24.3 Å². The van der Waals surface area contributed by atoms with E-state index in [4.69, 9.17) is 0 Å². The monoisotopic (exact) mass is 366 g/mol. The highest BCUT2D eigenvalue weighted by Gasteiger charge is 2.25. The van der Waals surface area contributed by atoms with Crippen LogP contribution in [-0.4, -0.2) is 45.2 Å².